The van der Waals surface area contributed by atoms with E-state index in [1.54, 1.807) is 23.0 Å². The minimum Gasteiger partial charge on any atom is -0.330 e. The van der Waals surface area contributed by atoms with Gasteiger partial charge in [0.05, 0.1) is 6.54 Å². The smallest absolute Gasteiger partial charge is 0.163 e. The standard InChI is InChI=1S/C14H17F2N3/c1-2-11(17)8-13-18-6-7-19(13)9-10-4-3-5-12(15)14(10)16/h3-7,11H,2,8-9,17H2,1H3. The first kappa shape index (κ1) is 13.7. The van der Waals surface area contributed by atoms with Gasteiger partial charge in [-0.05, 0) is 12.5 Å². The van der Waals surface area contributed by atoms with Crippen molar-refractivity contribution in [1.82, 2.24) is 9.55 Å². The van der Waals surface area contributed by atoms with Crippen LogP contribution in [0.5, 0.6) is 0 Å². The maximum Gasteiger partial charge on any atom is 0.163 e. The Hall–Kier alpha value is -1.75. The molecule has 2 aromatic rings. The quantitative estimate of drug-likeness (QED) is 0.902. The van der Waals surface area contributed by atoms with Gasteiger partial charge in [0.1, 0.15) is 5.82 Å². The van der Waals surface area contributed by atoms with E-state index in [-0.39, 0.29) is 12.6 Å². The van der Waals surface area contributed by atoms with E-state index in [9.17, 15) is 8.78 Å². The molecule has 3 nitrogen and oxygen atoms in total. The van der Waals surface area contributed by atoms with E-state index in [2.05, 4.69) is 4.98 Å². The Morgan fingerprint density at radius 2 is 2.16 bits per heavy atom. The van der Waals surface area contributed by atoms with Crippen LogP contribution in [0, 0.1) is 11.6 Å². The van der Waals surface area contributed by atoms with Gasteiger partial charge in [-0.1, -0.05) is 19.1 Å². The molecule has 0 aliphatic carbocycles. The van der Waals surface area contributed by atoms with E-state index in [1.165, 1.54) is 6.07 Å². The molecule has 0 bridgehead atoms. The van der Waals surface area contributed by atoms with Crippen LogP contribution >= 0.6 is 0 Å². The Labute approximate surface area is 111 Å². The monoisotopic (exact) mass is 265 g/mol. The minimum absolute atomic E-state index is 0.0264. The molecule has 1 atom stereocenters. The molecule has 0 radical (unpaired) electrons. The van der Waals surface area contributed by atoms with E-state index in [0.717, 1.165) is 18.3 Å². The van der Waals surface area contributed by atoms with Gasteiger partial charge in [-0.3, -0.25) is 0 Å². The van der Waals surface area contributed by atoms with Crippen LogP contribution in [0.15, 0.2) is 30.6 Å². The van der Waals surface area contributed by atoms with E-state index in [4.69, 9.17) is 5.73 Å². The average Bonchev–Trinajstić information content (AvgIpc) is 2.82. The van der Waals surface area contributed by atoms with Gasteiger partial charge in [-0.2, -0.15) is 0 Å². The summed E-state index contributed by atoms with van der Waals surface area (Å²) in [6.45, 7) is 2.26. The molecule has 2 N–H and O–H groups in total. The molecule has 0 aliphatic rings. The zero-order valence-corrected chi connectivity index (χ0v) is 10.8. The molecule has 1 unspecified atom stereocenters. The number of nitrogens with two attached hydrogens (primary N) is 1. The fourth-order valence-electron chi connectivity index (χ4n) is 1.91. The molecule has 0 amide bonds. The van der Waals surface area contributed by atoms with Crippen LogP contribution in [0.1, 0.15) is 24.7 Å². The second-order valence-electron chi connectivity index (χ2n) is 4.56. The minimum atomic E-state index is -0.829. The lowest BCUT2D eigenvalue weighted by atomic mass is 10.1. The summed E-state index contributed by atoms with van der Waals surface area (Å²) in [5.74, 6) is -0.843. The molecule has 1 aromatic heterocycles. The van der Waals surface area contributed by atoms with Crippen LogP contribution in [-0.2, 0) is 13.0 Å². The van der Waals surface area contributed by atoms with Crippen LogP contribution < -0.4 is 5.73 Å². The summed E-state index contributed by atoms with van der Waals surface area (Å²) < 4.78 is 28.6. The summed E-state index contributed by atoms with van der Waals surface area (Å²) >= 11 is 0. The van der Waals surface area contributed by atoms with Crippen LogP contribution in [0.2, 0.25) is 0 Å². The number of halogens is 2. The molecule has 0 saturated heterocycles. The van der Waals surface area contributed by atoms with Crippen LogP contribution in [0.3, 0.4) is 0 Å². The molecule has 1 heterocycles. The zero-order valence-electron chi connectivity index (χ0n) is 10.8. The normalized spacial score (nSPS) is 12.6. The Balaban J connectivity index is 2.20. The van der Waals surface area contributed by atoms with Crippen molar-refractivity contribution in [3.05, 3.63) is 53.6 Å². The third kappa shape index (κ3) is 3.17. The topological polar surface area (TPSA) is 43.8 Å². The Kier molecular flexibility index (Phi) is 4.27. The number of benzene rings is 1. The van der Waals surface area contributed by atoms with Gasteiger partial charge in [-0.25, -0.2) is 13.8 Å². The third-order valence-corrected chi connectivity index (χ3v) is 3.14. The molecular formula is C14H17F2N3. The van der Waals surface area contributed by atoms with Gasteiger partial charge in [0.25, 0.3) is 0 Å². The van der Waals surface area contributed by atoms with Crippen molar-refractivity contribution in [2.75, 3.05) is 0 Å². The van der Waals surface area contributed by atoms with Crippen molar-refractivity contribution in [2.45, 2.75) is 32.4 Å². The van der Waals surface area contributed by atoms with Crippen LogP contribution in [-0.4, -0.2) is 15.6 Å². The van der Waals surface area contributed by atoms with E-state index in [1.807, 2.05) is 6.92 Å². The molecule has 0 aliphatic heterocycles. The van der Waals surface area contributed by atoms with Crippen molar-refractivity contribution in [3.63, 3.8) is 0 Å². The number of nitrogens with zero attached hydrogens (tertiary/aromatic N) is 2. The number of aromatic nitrogens is 2. The summed E-state index contributed by atoms with van der Waals surface area (Å²) in [5, 5.41) is 0. The fraction of sp³-hybridized carbons (Fsp3) is 0.357. The number of imidazole rings is 1. The fourth-order valence-corrected chi connectivity index (χ4v) is 1.91. The molecular weight excluding hydrogens is 248 g/mol. The predicted molar refractivity (Wildman–Crippen MR) is 69.7 cm³/mol. The van der Waals surface area contributed by atoms with Crippen molar-refractivity contribution < 1.29 is 8.78 Å². The maximum absolute atomic E-state index is 13.6. The van der Waals surface area contributed by atoms with Crippen molar-refractivity contribution in [3.8, 4) is 0 Å². The van der Waals surface area contributed by atoms with Crippen molar-refractivity contribution in [1.29, 1.82) is 0 Å². The number of rotatable bonds is 5. The van der Waals surface area contributed by atoms with Gasteiger partial charge in [0.2, 0.25) is 0 Å². The molecule has 19 heavy (non-hydrogen) atoms. The summed E-state index contributed by atoms with van der Waals surface area (Å²) in [6, 6.07) is 4.21. The lowest BCUT2D eigenvalue weighted by Gasteiger charge is -2.12. The molecule has 5 heteroatoms. The van der Waals surface area contributed by atoms with Gasteiger partial charge in [-0.15, -0.1) is 0 Å². The molecule has 102 valence electrons. The summed E-state index contributed by atoms with van der Waals surface area (Å²) in [6.07, 6.45) is 4.87. The Morgan fingerprint density at radius 3 is 2.89 bits per heavy atom. The number of hydrogen-bond donors (Lipinski definition) is 1. The lowest BCUT2D eigenvalue weighted by molar-refractivity contribution is 0.493. The SMILES string of the molecule is CCC(N)Cc1nccn1Cc1cccc(F)c1F. The predicted octanol–water partition coefficient (Wildman–Crippen LogP) is 2.49. The van der Waals surface area contributed by atoms with E-state index < -0.39 is 11.6 Å². The van der Waals surface area contributed by atoms with E-state index in [0.29, 0.717) is 12.0 Å². The van der Waals surface area contributed by atoms with Gasteiger partial charge in [0, 0.05) is 30.4 Å². The molecule has 1 aromatic carbocycles. The molecule has 2 rings (SSSR count). The first-order valence-electron chi connectivity index (χ1n) is 6.30. The van der Waals surface area contributed by atoms with Crippen molar-refractivity contribution in [2.24, 2.45) is 5.73 Å². The largest absolute Gasteiger partial charge is 0.330 e. The molecule has 0 spiro atoms. The highest BCUT2D eigenvalue weighted by Gasteiger charge is 2.11. The van der Waals surface area contributed by atoms with Gasteiger partial charge in [0.15, 0.2) is 11.6 Å². The van der Waals surface area contributed by atoms with Crippen LogP contribution in [0.25, 0.3) is 0 Å². The summed E-state index contributed by atoms with van der Waals surface area (Å²) in [7, 11) is 0. The average molecular weight is 265 g/mol. The highest BCUT2D eigenvalue weighted by atomic mass is 19.2. The first-order valence-corrected chi connectivity index (χ1v) is 6.30. The van der Waals surface area contributed by atoms with Crippen LogP contribution in [0.4, 0.5) is 8.78 Å². The van der Waals surface area contributed by atoms with Gasteiger partial charge < -0.3 is 10.3 Å². The highest BCUT2D eigenvalue weighted by molar-refractivity contribution is 5.20. The summed E-state index contributed by atoms with van der Waals surface area (Å²) in [4.78, 5) is 4.22. The Bertz CT molecular complexity index is 551. The summed E-state index contributed by atoms with van der Waals surface area (Å²) in [5.41, 5.74) is 6.20. The highest BCUT2D eigenvalue weighted by Crippen LogP contribution is 2.14. The second kappa shape index (κ2) is 5.93. The molecule has 0 saturated carbocycles. The van der Waals surface area contributed by atoms with Gasteiger partial charge >= 0.3 is 0 Å². The number of hydrogen-bond acceptors (Lipinski definition) is 2. The second-order valence-corrected chi connectivity index (χ2v) is 4.56. The third-order valence-electron chi connectivity index (χ3n) is 3.14. The lowest BCUT2D eigenvalue weighted by Crippen LogP contribution is -2.23. The first-order chi connectivity index (χ1) is 9.11. The zero-order chi connectivity index (χ0) is 13.8. The van der Waals surface area contributed by atoms with Crippen molar-refractivity contribution >= 4 is 0 Å². The molecule has 0 fully saturated rings. The van der Waals surface area contributed by atoms with E-state index >= 15 is 0 Å². The Morgan fingerprint density at radius 1 is 1.37 bits per heavy atom. The maximum atomic E-state index is 13.6.